The van der Waals surface area contributed by atoms with Crippen LogP contribution in [0, 0.1) is 18.8 Å². The molecule has 0 N–H and O–H groups in total. The van der Waals surface area contributed by atoms with Crippen molar-refractivity contribution in [3.05, 3.63) is 36.0 Å². The zero-order valence-electron chi connectivity index (χ0n) is 14.3. The van der Waals surface area contributed by atoms with Crippen molar-refractivity contribution in [3.8, 4) is 6.01 Å². The highest BCUT2D eigenvalue weighted by atomic mass is 16.5. The first-order valence-electron chi connectivity index (χ1n) is 8.34. The molecule has 4 rings (SSSR count). The molecule has 0 aromatic carbocycles. The molecule has 2 aliphatic rings. The number of rotatable bonds is 3. The summed E-state index contributed by atoms with van der Waals surface area (Å²) in [7, 11) is 1.58. The van der Waals surface area contributed by atoms with Crippen LogP contribution in [0.15, 0.2) is 24.7 Å². The van der Waals surface area contributed by atoms with E-state index in [-0.39, 0.29) is 5.91 Å². The van der Waals surface area contributed by atoms with Gasteiger partial charge in [0.2, 0.25) is 0 Å². The number of fused-ring (bicyclic) bond motifs is 1. The number of likely N-dealkylation sites (tertiary alicyclic amines) is 1. The van der Waals surface area contributed by atoms with Crippen molar-refractivity contribution in [3.63, 3.8) is 0 Å². The van der Waals surface area contributed by atoms with Crippen molar-refractivity contribution in [2.45, 2.75) is 6.92 Å². The van der Waals surface area contributed by atoms with Gasteiger partial charge in [-0.15, -0.1) is 0 Å². The Balaban J connectivity index is 1.44. The minimum absolute atomic E-state index is 0.0337. The van der Waals surface area contributed by atoms with Crippen molar-refractivity contribution in [1.82, 2.24) is 24.8 Å². The van der Waals surface area contributed by atoms with Gasteiger partial charge in [-0.25, -0.2) is 9.97 Å². The molecule has 0 aliphatic carbocycles. The van der Waals surface area contributed by atoms with E-state index in [9.17, 15) is 4.79 Å². The van der Waals surface area contributed by atoms with Crippen LogP contribution in [0.25, 0.3) is 0 Å². The molecule has 2 aromatic heterocycles. The summed E-state index contributed by atoms with van der Waals surface area (Å²) in [6.45, 7) is 5.20. The molecule has 2 atom stereocenters. The van der Waals surface area contributed by atoms with E-state index < -0.39 is 0 Å². The second-order valence-corrected chi connectivity index (χ2v) is 6.58. The minimum atomic E-state index is -0.0337. The van der Waals surface area contributed by atoms with Gasteiger partial charge in [0.1, 0.15) is 11.5 Å². The van der Waals surface area contributed by atoms with Crippen LogP contribution >= 0.6 is 0 Å². The Morgan fingerprint density at radius 2 is 1.92 bits per heavy atom. The molecule has 2 fully saturated rings. The number of amides is 1. The summed E-state index contributed by atoms with van der Waals surface area (Å²) in [5.74, 6) is 1.75. The van der Waals surface area contributed by atoms with E-state index in [1.165, 1.54) is 6.20 Å². The summed E-state index contributed by atoms with van der Waals surface area (Å²) in [5.41, 5.74) is 1.30. The third-order valence-electron chi connectivity index (χ3n) is 4.88. The first kappa shape index (κ1) is 15.7. The third-order valence-corrected chi connectivity index (χ3v) is 4.88. The largest absolute Gasteiger partial charge is 0.467 e. The van der Waals surface area contributed by atoms with Gasteiger partial charge in [-0.2, -0.15) is 4.98 Å². The molecular formula is C17H20N6O2. The van der Waals surface area contributed by atoms with E-state index in [0.29, 0.717) is 23.5 Å². The van der Waals surface area contributed by atoms with Crippen molar-refractivity contribution in [2.24, 2.45) is 11.8 Å². The number of methoxy groups -OCH3 is 1. The summed E-state index contributed by atoms with van der Waals surface area (Å²) in [6.07, 6.45) is 4.65. The Labute approximate surface area is 145 Å². The zero-order chi connectivity index (χ0) is 17.4. The van der Waals surface area contributed by atoms with Crippen LogP contribution in [-0.2, 0) is 0 Å². The number of ether oxygens (including phenoxy) is 1. The Kier molecular flexibility index (Phi) is 3.95. The van der Waals surface area contributed by atoms with Crippen molar-refractivity contribution in [1.29, 1.82) is 0 Å². The number of hydrogen-bond acceptors (Lipinski definition) is 7. The number of aromatic nitrogens is 4. The van der Waals surface area contributed by atoms with Gasteiger partial charge in [-0.1, -0.05) is 0 Å². The summed E-state index contributed by atoms with van der Waals surface area (Å²) in [6, 6.07) is 2.37. The number of anilines is 1. The highest BCUT2D eigenvalue weighted by Gasteiger charge is 2.42. The molecule has 130 valence electrons. The van der Waals surface area contributed by atoms with E-state index in [4.69, 9.17) is 4.74 Å². The molecule has 2 aromatic rings. The lowest BCUT2D eigenvalue weighted by Crippen LogP contribution is -2.34. The van der Waals surface area contributed by atoms with Gasteiger partial charge >= 0.3 is 6.01 Å². The average molecular weight is 340 g/mol. The number of aryl methyl sites for hydroxylation is 1. The SMILES string of the molecule is COc1nc(C)cc(N2C[C@H]3CN(C(=O)c4cnccn4)C[C@H]3C2)n1. The summed E-state index contributed by atoms with van der Waals surface area (Å²) >= 11 is 0. The Hall–Kier alpha value is -2.77. The monoisotopic (exact) mass is 340 g/mol. The predicted octanol–water partition coefficient (Wildman–Crippen LogP) is 0.792. The Bertz CT molecular complexity index is 770. The van der Waals surface area contributed by atoms with Crippen LogP contribution in [0.5, 0.6) is 6.01 Å². The van der Waals surface area contributed by atoms with E-state index in [2.05, 4.69) is 24.8 Å². The molecule has 2 aliphatic heterocycles. The van der Waals surface area contributed by atoms with E-state index >= 15 is 0 Å². The fourth-order valence-electron chi connectivity index (χ4n) is 3.70. The second-order valence-electron chi connectivity index (χ2n) is 6.58. The van der Waals surface area contributed by atoms with Gasteiger partial charge in [0.15, 0.2) is 0 Å². The maximum absolute atomic E-state index is 12.5. The van der Waals surface area contributed by atoms with E-state index in [1.807, 2.05) is 17.9 Å². The van der Waals surface area contributed by atoms with Crippen molar-refractivity contribution < 1.29 is 9.53 Å². The van der Waals surface area contributed by atoms with Crippen molar-refractivity contribution >= 4 is 11.7 Å². The van der Waals surface area contributed by atoms with Crippen LogP contribution in [0.3, 0.4) is 0 Å². The molecule has 4 heterocycles. The summed E-state index contributed by atoms with van der Waals surface area (Å²) < 4.78 is 5.17. The molecule has 1 amide bonds. The lowest BCUT2D eigenvalue weighted by atomic mass is 10.0. The lowest BCUT2D eigenvalue weighted by molar-refractivity contribution is 0.0776. The smallest absolute Gasteiger partial charge is 0.318 e. The highest BCUT2D eigenvalue weighted by Crippen LogP contribution is 2.34. The standard InChI is InChI=1S/C17H20N6O2/c1-11-5-15(21-17(20-11)25-2)22-7-12-9-23(10-13(12)8-22)16(24)14-6-18-3-4-19-14/h3-6,12-13H,7-10H2,1-2H3/t12-,13+. The van der Waals surface area contributed by atoms with Crippen LogP contribution in [0.2, 0.25) is 0 Å². The fourth-order valence-corrected chi connectivity index (χ4v) is 3.70. The number of carbonyl (C=O) groups excluding carboxylic acids is 1. The maximum atomic E-state index is 12.5. The van der Waals surface area contributed by atoms with Crippen molar-refractivity contribution in [2.75, 3.05) is 38.2 Å². The van der Waals surface area contributed by atoms with E-state index in [1.54, 1.807) is 19.5 Å². The molecule has 0 spiro atoms. The normalized spacial score (nSPS) is 22.2. The Morgan fingerprint density at radius 1 is 1.16 bits per heavy atom. The fraction of sp³-hybridized carbons (Fsp3) is 0.471. The summed E-state index contributed by atoms with van der Waals surface area (Å²) in [5, 5.41) is 0. The van der Waals surface area contributed by atoms with E-state index in [0.717, 1.165) is 37.7 Å². The van der Waals surface area contributed by atoms with Gasteiger partial charge in [0, 0.05) is 62.2 Å². The molecule has 8 nitrogen and oxygen atoms in total. The molecule has 0 radical (unpaired) electrons. The number of nitrogens with zero attached hydrogens (tertiary/aromatic N) is 6. The predicted molar refractivity (Wildman–Crippen MR) is 90.4 cm³/mol. The average Bonchev–Trinajstić information content (AvgIpc) is 3.20. The third kappa shape index (κ3) is 2.99. The number of carbonyl (C=O) groups is 1. The lowest BCUT2D eigenvalue weighted by Gasteiger charge is -2.22. The zero-order valence-corrected chi connectivity index (χ0v) is 14.3. The topological polar surface area (TPSA) is 84.3 Å². The molecule has 0 bridgehead atoms. The quantitative estimate of drug-likeness (QED) is 0.817. The van der Waals surface area contributed by atoms with Crippen LogP contribution < -0.4 is 9.64 Å². The van der Waals surface area contributed by atoms with Gasteiger partial charge < -0.3 is 14.5 Å². The van der Waals surface area contributed by atoms with Crippen LogP contribution in [0.4, 0.5) is 5.82 Å². The first-order chi connectivity index (χ1) is 12.1. The Morgan fingerprint density at radius 3 is 2.56 bits per heavy atom. The minimum Gasteiger partial charge on any atom is -0.467 e. The van der Waals surface area contributed by atoms with Crippen LogP contribution in [-0.4, -0.2) is 64.0 Å². The molecular weight excluding hydrogens is 320 g/mol. The second kappa shape index (κ2) is 6.27. The van der Waals surface area contributed by atoms with Gasteiger partial charge in [-0.3, -0.25) is 9.78 Å². The number of hydrogen-bond donors (Lipinski definition) is 0. The molecule has 2 saturated heterocycles. The van der Waals surface area contributed by atoms with Gasteiger partial charge in [0.25, 0.3) is 5.91 Å². The van der Waals surface area contributed by atoms with Crippen LogP contribution in [0.1, 0.15) is 16.2 Å². The molecule has 8 heteroatoms. The van der Waals surface area contributed by atoms with Gasteiger partial charge in [0.05, 0.1) is 13.3 Å². The maximum Gasteiger partial charge on any atom is 0.318 e. The first-order valence-corrected chi connectivity index (χ1v) is 8.34. The molecule has 0 saturated carbocycles. The highest BCUT2D eigenvalue weighted by molar-refractivity contribution is 5.92. The molecule has 0 unspecified atom stereocenters. The molecule has 25 heavy (non-hydrogen) atoms. The van der Waals surface area contributed by atoms with Gasteiger partial charge in [-0.05, 0) is 6.92 Å². The summed E-state index contributed by atoms with van der Waals surface area (Å²) in [4.78, 5) is 33.5.